The van der Waals surface area contributed by atoms with Gasteiger partial charge in [0.05, 0.1) is 11.4 Å². The number of nitrogens with zero attached hydrogens (tertiary/aromatic N) is 2. The van der Waals surface area contributed by atoms with E-state index in [1.54, 1.807) is 0 Å². The van der Waals surface area contributed by atoms with Gasteiger partial charge in [0, 0.05) is 19.6 Å². The number of fused-ring (bicyclic) bond motifs is 2. The highest BCUT2D eigenvalue weighted by molar-refractivity contribution is 5.11. The Hall–Kier alpha value is -0.930. The van der Waals surface area contributed by atoms with Crippen LogP contribution in [-0.4, -0.2) is 30.0 Å². The summed E-state index contributed by atoms with van der Waals surface area (Å²) in [6.45, 7) is 6.23. The first-order valence-electron chi connectivity index (χ1n) is 8.58. The Morgan fingerprint density at radius 3 is 2.81 bits per heavy atom. The Morgan fingerprint density at radius 1 is 1.24 bits per heavy atom. The molecule has 0 radical (unpaired) electrons. The van der Waals surface area contributed by atoms with Gasteiger partial charge in [-0.25, -0.2) is 0 Å². The average Bonchev–Trinajstić information content (AvgIpc) is 3.08. The van der Waals surface area contributed by atoms with Crippen LogP contribution in [0.2, 0.25) is 0 Å². The standard InChI is InChI=1S/C18H29N3/c1-3-19-11-17-5-4-6-18(20-17)13-21(2)12-16-10-14-7-8-15(16)9-14/h4-6,14-16,19H,3,7-13H2,1-2H3. The molecule has 3 atom stereocenters. The van der Waals surface area contributed by atoms with Crippen molar-refractivity contribution in [2.75, 3.05) is 20.1 Å². The van der Waals surface area contributed by atoms with Crippen LogP contribution >= 0.6 is 0 Å². The normalized spacial score (nSPS) is 27.7. The van der Waals surface area contributed by atoms with Crippen LogP contribution in [0.4, 0.5) is 0 Å². The molecule has 1 aromatic rings. The van der Waals surface area contributed by atoms with E-state index in [0.29, 0.717) is 0 Å². The first-order valence-corrected chi connectivity index (χ1v) is 8.58. The molecule has 2 saturated carbocycles. The van der Waals surface area contributed by atoms with Gasteiger partial charge in [0.25, 0.3) is 0 Å². The maximum Gasteiger partial charge on any atom is 0.0547 e. The van der Waals surface area contributed by atoms with Crippen molar-refractivity contribution in [3.8, 4) is 0 Å². The van der Waals surface area contributed by atoms with E-state index in [1.165, 1.54) is 37.9 Å². The monoisotopic (exact) mass is 287 g/mol. The molecule has 1 N–H and O–H groups in total. The highest BCUT2D eigenvalue weighted by Gasteiger charge is 2.39. The van der Waals surface area contributed by atoms with Crippen LogP contribution in [0, 0.1) is 17.8 Å². The number of pyridine rings is 1. The SMILES string of the molecule is CCNCc1cccc(CN(C)CC2CC3CCC2C3)n1. The maximum atomic E-state index is 4.77. The molecule has 2 bridgehead atoms. The molecule has 0 spiro atoms. The summed E-state index contributed by atoms with van der Waals surface area (Å²) >= 11 is 0. The minimum atomic E-state index is 0.875. The van der Waals surface area contributed by atoms with Crippen molar-refractivity contribution in [2.45, 2.75) is 45.7 Å². The van der Waals surface area contributed by atoms with Crippen molar-refractivity contribution in [1.82, 2.24) is 15.2 Å². The van der Waals surface area contributed by atoms with Gasteiger partial charge in [-0.3, -0.25) is 4.98 Å². The Balaban J connectivity index is 1.51. The number of hydrogen-bond acceptors (Lipinski definition) is 3. The van der Waals surface area contributed by atoms with E-state index in [-0.39, 0.29) is 0 Å². The lowest BCUT2D eigenvalue weighted by Crippen LogP contribution is -2.28. The van der Waals surface area contributed by atoms with E-state index >= 15 is 0 Å². The molecule has 3 unspecified atom stereocenters. The molecule has 0 aromatic carbocycles. The lowest BCUT2D eigenvalue weighted by Gasteiger charge is -2.27. The molecule has 2 aliphatic carbocycles. The number of nitrogens with one attached hydrogen (secondary N) is 1. The number of hydrogen-bond donors (Lipinski definition) is 1. The fourth-order valence-electron chi connectivity index (χ4n) is 4.31. The molecule has 2 fully saturated rings. The first kappa shape index (κ1) is 15.0. The van der Waals surface area contributed by atoms with Gasteiger partial charge < -0.3 is 10.2 Å². The molecule has 2 aliphatic rings. The Bertz CT molecular complexity index is 460. The fraction of sp³-hybridized carbons (Fsp3) is 0.722. The highest BCUT2D eigenvalue weighted by Crippen LogP contribution is 2.48. The van der Waals surface area contributed by atoms with Gasteiger partial charge in [-0.2, -0.15) is 0 Å². The third kappa shape index (κ3) is 3.83. The summed E-state index contributed by atoms with van der Waals surface area (Å²) in [4.78, 5) is 7.25. The third-order valence-corrected chi connectivity index (χ3v) is 5.28. The van der Waals surface area contributed by atoms with Crippen molar-refractivity contribution in [2.24, 2.45) is 17.8 Å². The third-order valence-electron chi connectivity index (χ3n) is 5.28. The molecule has 0 aliphatic heterocycles. The molecular weight excluding hydrogens is 258 g/mol. The van der Waals surface area contributed by atoms with Crippen LogP contribution in [0.15, 0.2) is 18.2 Å². The minimum Gasteiger partial charge on any atom is -0.311 e. The van der Waals surface area contributed by atoms with E-state index in [4.69, 9.17) is 4.98 Å². The van der Waals surface area contributed by atoms with Crippen LogP contribution in [0.5, 0.6) is 0 Å². The van der Waals surface area contributed by atoms with E-state index in [2.05, 4.69) is 42.4 Å². The molecule has 1 aromatic heterocycles. The second-order valence-corrected chi connectivity index (χ2v) is 7.03. The zero-order chi connectivity index (χ0) is 14.7. The molecule has 3 heteroatoms. The van der Waals surface area contributed by atoms with E-state index in [0.717, 1.165) is 43.1 Å². The molecule has 116 valence electrons. The summed E-state index contributed by atoms with van der Waals surface area (Å²) in [5, 5.41) is 3.35. The lowest BCUT2D eigenvalue weighted by molar-refractivity contribution is 0.213. The summed E-state index contributed by atoms with van der Waals surface area (Å²) in [5.74, 6) is 3.01. The van der Waals surface area contributed by atoms with Gasteiger partial charge in [0.15, 0.2) is 0 Å². The highest BCUT2D eigenvalue weighted by atomic mass is 15.1. The number of rotatable bonds is 7. The van der Waals surface area contributed by atoms with Gasteiger partial charge in [0.2, 0.25) is 0 Å². The smallest absolute Gasteiger partial charge is 0.0547 e. The van der Waals surface area contributed by atoms with Crippen LogP contribution in [0.3, 0.4) is 0 Å². The van der Waals surface area contributed by atoms with Gasteiger partial charge in [0.1, 0.15) is 0 Å². The summed E-state index contributed by atoms with van der Waals surface area (Å²) < 4.78 is 0. The minimum absolute atomic E-state index is 0.875. The van der Waals surface area contributed by atoms with Gasteiger partial charge in [-0.05, 0) is 62.7 Å². The second-order valence-electron chi connectivity index (χ2n) is 7.03. The molecule has 1 heterocycles. The quantitative estimate of drug-likeness (QED) is 0.835. The van der Waals surface area contributed by atoms with E-state index in [1.807, 2.05) is 0 Å². The molecule has 3 nitrogen and oxygen atoms in total. The van der Waals surface area contributed by atoms with Crippen molar-refractivity contribution in [3.63, 3.8) is 0 Å². The van der Waals surface area contributed by atoms with Crippen LogP contribution in [0.1, 0.15) is 44.0 Å². The molecule has 0 saturated heterocycles. The summed E-state index contributed by atoms with van der Waals surface area (Å²) in [5.41, 5.74) is 2.36. The van der Waals surface area contributed by atoms with Gasteiger partial charge in [-0.1, -0.05) is 19.4 Å². The molecular formula is C18H29N3. The van der Waals surface area contributed by atoms with Crippen LogP contribution < -0.4 is 5.32 Å². The maximum absolute atomic E-state index is 4.77. The summed E-state index contributed by atoms with van der Waals surface area (Å²) in [6, 6.07) is 6.41. The van der Waals surface area contributed by atoms with E-state index < -0.39 is 0 Å². The first-order chi connectivity index (χ1) is 10.2. The second kappa shape index (κ2) is 6.89. The predicted octanol–water partition coefficient (Wildman–Crippen LogP) is 3.06. The summed E-state index contributed by atoms with van der Waals surface area (Å²) in [6.07, 6.45) is 5.97. The largest absolute Gasteiger partial charge is 0.311 e. The zero-order valence-corrected chi connectivity index (χ0v) is 13.5. The average molecular weight is 287 g/mol. The molecule has 21 heavy (non-hydrogen) atoms. The number of aromatic nitrogens is 1. The van der Waals surface area contributed by atoms with Crippen molar-refractivity contribution in [3.05, 3.63) is 29.6 Å². The van der Waals surface area contributed by atoms with Gasteiger partial charge >= 0.3 is 0 Å². The lowest BCUT2D eigenvalue weighted by atomic mass is 9.88. The Labute approximate surface area is 129 Å². The Kier molecular flexibility index (Phi) is 4.91. The predicted molar refractivity (Wildman–Crippen MR) is 86.9 cm³/mol. The topological polar surface area (TPSA) is 28.2 Å². The van der Waals surface area contributed by atoms with Crippen LogP contribution in [0.25, 0.3) is 0 Å². The van der Waals surface area contributed by atoms with Gasteiger partial charge in [-0.15, -0.1) is 0 Å². The fourth-order valence-corrected chi connectivity index (χ4v) is 4.31. The van der Waals surface area contributed by atoms with E-state index in [9.17, 15) is 0 Å². The molecule has 0 amide bonds. The van der Waals surface area contributed by atoms with Crippen molar-refractivity contribution >= 4 is 0 Å². The summed E-state index contributed by atoms with van der Waals surface area (Å²) in [7, 11) is 2.25. The molecule has 3 rings (SSSR count). The Morgan fingerprint density at radius 2 is 2.10 bits per heavy atom. The zero-order valence-electron chi connectivity index (χ0n) is 13.5. The van der Waals surface area contributed by atoms with Crippen molar-refractivity contribution in [1.29, 1.82) is 0 Å². The van der Waals surface area contributed by atoms with Crippen LogP contribution in [-0.2, 0) is 13.1 Å². The van der Waals surface area contributed by atoms with Crippen molar-refractivity contribution < 1.29 is 0 Å².